The first kappa shape index (κ1) is 56.4. The molecule has 6 heterocycles. The van der Waals surface area contributed by atoms with Crippen LogP contribution < -0.4 is 36.1 Å². The van der Waals surface area contributed by atoms with Gasteiger partial charge in [-0.25, -0.2) is 9.97 Å². The van der Waals surface area contributed by atoms with Gasteiger partial charge in [-0.2, -0.15) is 0 Å². The third-order valence-electron chi connectivity index (χ3n) is 16.0. The minimum Gasteiger partial charge on any atom is -0.497 e. The van der Waals surface area contributed by atoms with Gasteiger partial charge in [0.1, 0.15) is 29.3 Å². The molecule has 4 aliphatic rings. The number of nitrogens with one attached hydrogen (secondary N) is 4. The predicted molar refractivity (Wildman–Crippen MR) is 301 cm³/mol. The molecule has 0 aliphatic carbocycles. The maximum atomic E-state index is 14.0. The Bertz CT molecular complexity index is 2790. The number of hydrogen-bond donors (Lipinski definition) is 5. The zero-order chi connectivity index (χ0) is 54.4. The van der Waals surface area contributed by atoms with Crippen molar-refractivity contribution in [3.8, 4) is 11.5 Å². The van der Waals surface area contributed by atoms with Crippen LogP contribution in [0.4, 0.5) is 5.82 Å². The van der Waals surface area contributed by atoms with E-state index >= 15 is 0 Å². The molecule has 4 aliphatic heterocycles. The Hall–Kier alpha value is -6.35. The molecule has 4 fully saturated rings. The van der Waals surface area contributed by atoms with Gasteiger partial charge in [0.25, 0.3) is 5.91 Å². The van der Waals surface area contributed by atoms with E-state index in [-0.39, 0.29) is 48.2 Å². The number of likely N-dealkylation sites (tertiary alicyclic amines) is 2. The lowest BCUT2D eigenvalue weighted by molar-refractivity contribution is -0.135. The Morgan fingerprint density at radius 3 is 2.44 bits per heavy atom. The fourth-order valence-corrected chi connectivity index (χ4v) is 11.4. The first-order valence-electron chi connectivity index (χ1n) is 27.8. The highest BCUT2D eigenvalue weighted by molar-refractivity contribution is 6.30. The summed E-state index contributed by atoms with van der Waals surface area (Å²) in [7, 11) is 1.63. The van der Waals surface area contributed by atoms with E-state index in [0.29, 0.717) is 102 Å². The van der Waals surface area contributed by atoms with Gasteiger partial charge in [0.2, 0.25) is 17.7 Å². The van der Waals surface area contributed by atoms with Gasteiger partial charge in [-0.05, 0) is 99.4 Å². The average molecular weight is 1090 g/mol. The Morgan fingerprint density at radius 2 is 1.67 bits per heavy atom. The first-order chi connectivity index (χ1) is 37.9. The van der Waals surface area contributed by atoms with Crippen LogP contribution >= 0.6 is 11.6 Å². The van der Waals surface area contributed by atoms with Crippen molar-refractivity contribution in [3.63, 3.8) is 0 Å². The summed E-state index contributed by atoms with van der Waals surface area (Å²) in [5.41, 5.74) is 10.2. The summed E-state index contributed by atoms with van der Waals surface area (Å²) >= 11 is 6.27. The zero-order valence-electron chi connectivity index (χ0n) is 45.2. The molecule has 5 aromatic rings. The number of H-pyrrole nitrogens is 1. The Balaban J connectivity index is 0.648. The number of nitrogens with zero attached hydrogens (tertiary/aromatic N) is 7. The topological polar surface area (TPSA) is 216 Å². The van der Waals surface area contributed by atoms with E-state index in [4.69, 9.17) is 31.5 Å². The van der Waals surface area contributed by atoms with Crippen molar-refractivity contribution in [2.45, 2.75) is 82.0 Å². The number of benzene rings is 3. The second-order valence-corrected chi connectivity index (χ2v) is 21.5. The van der Waals surface area contributed by atoms with Crippen LogP contribution in [-0.2, 0) is 25.7 Å². The maximum Gasteiger partial charge on any atom is 0.251 e. The van der Waals surface area contributed by atoms with E-state index in [1.54, 1.807) is 13.4 Å². The summed E-state index contributed by atoms with van der Waals surface area (Å²) in [6, 6.07) is 22.8. The molecule has 418 valence electrons. The highest BCUT2D eigenvalue weighted by Crippen LogP contribution is 2.31. The smallest absolute Gasteiger partial charge is 0.251 e. The molecule has 0 saturated carbocycles. The highest BCUT2D eigenvalue weighted by Gasteiger charge is 2.40. The number of ether oxygens (including phenoxy) is 3. The number of carbonyl (C=O) groups excluding carboxylic acids is 4. The van der Waals surface area contributed by atoms with Gasteiger partial charge in [0.05, 0.1) is 56.5 Å². The van der Waals surface area contributed by atoms with Gasteiger partial charge >= 0.3 is 0 Å². The number of halogens is 1. The third kappa shape index (κ3) is 14.7. The van der Waals surface area contributed by atoms with Crippen LogP contribution in [0.1, 0.15) is 90.9 Å². The van der Waals surface area contributed by atoms with Gasteiger partial charge < -0.3 is 55.6 Å². The molecule has 6 N–H and O–H groups in total. The number of aromatic amines is 1. The fourth-order valence-electron chi connectivity index (χ4n) is 11.2. The van der Waals surface area contributed by atoms with Crippen molar-refractivity contribution in [1.29, 1.82) is 0 Å². The predicted octanol–water partition coefficient (Wildman–Crippen LogP) is 5.11. The van der Waals surface area contributed by atoms with Crippen molar-refractivity contribution in [2.75, 3.05) is 117 Å². The number of carbonyl (C=O) groups is 4. The highest BCUT2D eigenvalue weighted by atomic mass is 35.5. The van der Waals surface area contributed by atoms with Crippen LogP contribution in [0.15, 0.2) is 85.3 Å². The van der Waals surface area contributed by atoms with Gasteiger partial charge in [-0.15, -0.1) is 0 Å². The van der Waals surface area contributed by atoms with Gasteiger partial charge in [-0.1, -0.05) is 41.9 Å². The van der Waals surface area contributed by atoms with Crippen molar-refractivity contribution < 1.29 is 33.4 Å². The summed E-state index contributed by atoms with van der Waals surface area (Å²) in [5, 5.41) is 11.2. The Kier molecular flexibility index (Phi) is 19.5. The molecule has 78 heavy (non-hydrogen) atoms. The van der Waals surface area contributed by atoms with Gasteiger partial charge in [0.15, 0.2) is 0 Å². The van der Waals surface area contributed by atoms with E-state index in [1.807, 2.05) is 95.7 Å². The monoisotopic (exact) mass is 1090 g/mol. The van der Waals surface area contributed by atoms with Crippen LogP contribution in [0.5, 0.6) is 11.5 Å². The van der Waals surface area contributed by atoms with E-state index in [1.165, 1.54) is 0 Å². The zero-order valence-corrected chi connectivity index (χ0v) is 46.0. The Labute approximate surface area is 462 Å². The second-order valence-electron chi connectivity index (χ2n) is 21.1. The molecular weight excluding hydrogens is 1010 g/mol. The lowest BCUT2D eigenvalue weighted by atomic mass is 9.87. The molecule has 20 heteroatoms. The molecule has 9 rings (SSSR count). The van der Waals surface area contributed by atoms with Crippen LogP contribution in [0.2, 0.25) is 5.02 Å². The molecule has 2 aromatic heterocycles. The van der Waals surface area contributed by atoms with E-state index in [2.05, 4.69) is 45.6 Å². The minimum atomic E-state index is -1.02. The number of amides is 4. The molecule has 4 saturated heterocycles. The number of aromatic nitrogens is 3. The number of nitrogens with two attached hydrogens (primary N) is 1. The molecule has 0 radical (unpaired) electrons. The van der Waals surface area contributed by atoms with Crippen LogP contribution in [0.3, 0.4) is 0 Å². The van der Waals surface area contributed by atoms with E-state index in [9.17, 15) is 19.2 Å². The summed E-state index contributed by atoms with van der Waals surface area (Å²) in [6.07, 6.45) is 8.62. The number of piperazine rings is 1. The lowest BCUT2D eigenvalue weighted by Gasteiger charge is -2.40. The normalized spacial score (nSPS) is 18.9. The molecule has 0 spiro atoms. The largest absolute Gasteiger partial charge is 0.497 e. The molecule has 3 aromatic carbocycles. The second kappa shape index (κ2) is 27.0. The first-order valence-corrected chi connectivity index (χ1v) is 28.2. The van der Waals surface area contributed by atoms with Crippen molar-refractivity contribution in [1.82, 2.24) is 50.5 Å². The Morgan fingerprint density at radius 1 is 0.872 bits per heavy atom. The summed E-state index contributed by atoms with van der Waals surface area (Å²) in [5.74, 6) is 2.34. The molecule has 4 amide bonds. The number of fused-ring (bicyclic) bond motifs is 1. The molecule has 0 bridgehead atoms. The number of methoxy groups -OCH3 is 1. The van der Waals surface area contributed by atoms with Crippen molar-refractivity contribution >= 4 is 52.1 Å². The number of rotatable bonds is 22. The lowest BCUT2D eigenvalue weighted by Crippen LogP contribution is -2.60. The van der Waals surface area contributed by atoms with Gasteiger partial charge in [0, 0.05) is 119 Å². The van der Waals surface area contributed by atoms with E-state index in [0.717, 1.165) is 103 Å². The average Bonchev–Trinajstić information content (AvgIpc) is 3.99. The minimum absolute atomic E-state index is 0.0529. The summed E-state index contributed by atoms with van der Waals surface area (Å²) in [6.45, 7) is 12.0. The standard InChI is InChI=1S/C58H77ClN12O7/c1-3-77-51-35-48(76-2)14-11-44(51)36-61-37-52(72)71-23-5-8-45(38-71)42-6-4-7-43(34-42)56(74)63-22-33-78-47-16-24-68(25-17-47)39-53(73)69-31-29-67(30-32-69)26-18-50(41-9-12-46(59)13-10-41)66-57(75)58(60)19-27-70(28-20-58)55-49-15-21-62-54(49)64-40-65-55/h4,6-7,9-15,21,34-35,40,45,47,50,61H,3,5,8,16-20,22-33,36-39,60H2,1-2H3,(H,63,74)(H,66,75)(H,62,64,65)/t45?,50-/m0/s1. The quantitative estimate of drug-likeness (QED) is 0.0570. The van der Waals surface area contributed by atoms with Crippen molar-refractivity contribution in [3.05, 3.63) is 113 Å². The fraction of sp³-hybridized carbons (Fsp3) is 0.517. The van der Waals surface area contributed by atoms with Crippen LogP contribution in [0, 0.1) is 0 Å². The van der Waals surface area contributed by atoms with Crippen LogP contribution in [-0.4, -0.2) is 182 Å². The number of piperidine rings is 3. The van der Waals surface area contributed by atoms with Crippen molar-refractivity contribution in [2.24, 2.45) is 5.73 Å². The molecule has 2 atom stereocenters. The molecule has 19 nitrogen and oxygen atoms in total. The maximum absolute atomic E-state index is 14.0. The molecule has 1 unspecified atom stereocenters. The summed E-state index contributed by atoms with van der Waals surface area (Å²) < 4.78 is 17.3. The summed E-state index contributed by atoms with van der Waals surface area (Å²) in [4.78, 5) is 76.7. The number of hydrogen-bond acceptors (Lipinski definition) is 14. The third-order valence-corrected chi connectivity index (χ3v) is 16.2. The van der Waals surface area contributed by atoms with Crippen LogP contribution in [0.25, 0.3) is 11.0 Å². The van der Waals surface area contributed by atoms with Gasteiger partial charge in [-0.3, -0.25) is 29.0 Å². The molecular formula is C58H77ClN12O7. The number of anilines is 1. The van der Waals surface area contributed by atoms with E-state index < -0.39 is 5.54 Å². The SMILES string of the molecule is CCOc1cc(OC)ccc1CNCC(=O)N1CCCC(c2cccc(C(=O)NCCOC3CCN(CC(=O)N4CCN(CC[C@H](NC(=O)C5(N)CCN(c6ncnc7[nH]ccc67)CC5)c5ccc(Cl)cc5)CC4)CC3)c2)C1.